The van der Waals surface area contributed by atoms with Crippen molar-refractivity contribution in [1.82, 2.24) is 19.9 Å². The average molecular weight is 857 g/mol. The SMILES string of the molecule is CC(=O)SCCCc1ccc(-c2c3ccc([nH]3)c(-c3c(C)cc(C)cc3C)c3nc(c(-c4c(C)cc(C)cc4C)c4nc(c(-c5c(C)cc(C)cc5C)c5ccc2[nH]5)C=C4)C=C3)cc1. The van der Waals surface area contributed by atoms with Crippen molar-refractivity contribution in [3.63, 3.8) is 0 Å². The van der Waals surface area contributed by atoms with Gasteiger partial charge in [0.05, 0.1) is 22.8 Å². The summed E-state index contributed by atoms with van der Waals surface area (Å²) >= 11 is 1.40. The standard InChI is InChI=1S/C58H56N4OS/c1-32-26-35(4)52(36(5)27-32)56-46-19-17-44(59-46)55(43-15-13-42(14-16-43)12-11-25-64-41(10)63)45-18-20-47(60-45)57(53-37(6)28-33(2)29-38(53)7)49-22-24-51(62-49)58(50-23-21-48(56)61-50)54-39(8)30-34(3)31-40(54)9/h13-24,26-31,59-60H,11-12,25H2,1-10H3. The topological polar surface area (TPSA) is 74.4 Å². The first kappa shape index (κ1) is 42.8. The summed E-state index contributed by atoms with van der Waals surface area (Å²) in [6, 6.07) is 31.5. The Balaban J connectivity index is 1.43. The van der Waals surface area contributed by atoms with Crippen molar-refractivity contribution in [1.29, 1.82) is 0 Å². The van der Waals surface area contributed by atoms with Gasteiger partial charge in [-0.15, -0.1) is 0 Å². The maximum Gasteiger partial charge on any atom is 0.185 e. The van der Waals surface area contributed by atoms with Gasteiger partial charge in [0.15, 0.2) is 5.12 Å². The van der Waals surface area contributed by atoms with Crippen molar-refractivity contribution in [3.8, 4) is 44.5 Å². The summed E-state index contributed by atoms with van der Waals surface area (Å²) in [6.07, 6.45) is 10.6. The molecule has 0 atom stereocenters. The predicted octanol–water partition coefficient (Wildman–Crippen LogP) is 15.3. The highest BCUT2D eigenvalue weighted by molar-refractivity contribution is 8.13. The molecular weight excluding hydrogens is 801 g/mol. The zero-order valence-corrected chi connectivity index (χ0v) is 39.5. The highest BCUT2D eigenvalue weighted by Crippen LogP contribution is 2.42. The number of carbonyl (C=O) groups excluding carboxylic acids is 1. The molecule has 64 heavy (non-hydrogen) atoms. The van der Waals surface area contributed by atoms with Gasteiger partial charge in [-0.1, -0.05) is 89.1 Å². The van der Waals surface area contributed by atoms with E-state index in [-0.39, 0.29) is 5.12 Å². The first-order valence-corrected chi connectivity index (χ1v) is 23.4. The van der Waals surface area contributed by atoms with E-state index in [0.717, 1.165) is 91.3 Å². The summed E-state index contributed by atoms with van der Waals surface area (Å²) in [7, 11) is 0. The van der Waals surface area contributed by atoms with Crippen LogP contribution in [0.3, 0.4) is 0 Å². The number of hydrogen-bond acceptors (Lipinski definition) is 4. The molecule has 8 bridgehead atoms. The number of nitrogens with zero attached hydrogens (tertiary/aromatic N) is 2. The fourth-order valence-corrected chi connectivity index (χ4v) is 10.9. The van der Waals surface area contributed by atoms with Gasteiger partial charge in [-0.2, -0.15) is 0 Å². The number of thioether (sulfide) groups is 1. The number of rotatable bonds is 8. The van der Waals surface area contributed by atoms with Crippen LogP contribution in [0.15, 0.2) is 84.9 Å². The highest BCUT2D eigenvalue weighted by Gasteiger charge is 2.23. The minimum atomic E-state index is 0.170. The molecule has 6 heteroatoms. The molecule has 3 aromatic heterocycles. The van der Waals surface area contributed by atoms with Gasteiger partial charge in [0.25, 0.3) is 0 Å². The van der Waals surface area contributed by atoms with E-state index in [2.05, 4.69) is 182 Å². The zero-order valence-electron chi connectivity index (χ0n) is 38.7. The molecule has 0 unspecified atom stereocenters. The molecule has 0 saturated heterocycles. The third-order valence-electron chi connectivity index (χ3n) is 12.7. The van der Waals surface area contributed by atoms with Gasteiger partial charge in [0.1, 0.15) is 0 Å². The summed E-state index contributed by atoms with van der Waals surface area (Å²) in [4.78, 5) is 30.7. The van der Waals surface area contributed by atoms with Crippen LogP contribution in [0.25, 0.3) is 90.9 Å². The zero-order chi connectivity index (χ0) is 45.0. The molecular formula is C58H56N4OS. The van der Waals surface area contributed by atoms with Crippen molar-refractivity contribution in [2.75, 3.05) is 5.75 Å². The smallest absolute Gasteiger partial charge is 0.185 e. The van der Waals surface area contributed by atoms with Gasteiger partial charge in [-0.3, -0.25) is 4.79 Å². The van der Waals surface area contributed by atoms with E-state index in [0.29, 0.717) is 0 Å². The number of hydrogen-bond donors (Lipinski definition) is 2. The molecule has 5 heterocycles. The van der Waals surface area contributed by atoms with Gasteiger partial charge in [-0.05, 0) is 185 Å². The largest absolute Gasteiger partial charge is 0.354 e. The van der Waals surface area contributed by atoms with Crippen LogP contribution in [0, 0.1) is 62.3 Å². The Kier molecular flexibility index (Phi) is 11.5. The molecule has 7 aromatic rings. The van der Waals surface area contributed by atoms with Gasteiger partial charge in [0, 0.05) is 57.0 Å². The minimum Gasteiger partial charge on any atom is -0.354 e. The molecule has 4 aromatic carbocycles. The summed E-state index contributed by atoms with van der Waals surface area (Å²) in [5.41, 5.74) is 28.7. The van der Waals surface area contributed by atoms with Crippen molar-refractivity contribution in [2.24, 2.45) is 0 Å². The lowest BCUT2D eigenvalue weighted by Gasteiger charge is -2.14. The quantitative estimate of drug-likeness (QED) is 0.149. The van der Waals surface area contributed by atoms with Gasteiger partial charge in [0.2, 0.25) is 0 Å². The number of H-pyrrole nitrogens is 2. The van der Waals surface area contributed by atoms with Crippen LogP contribution < -0.4 is 0 Å². The second-order valence-electron chi connectivity index (χ2n) is 18.0. The molecule has 0 radical (unpaired) electrons. The monoisotopic (exact) mass is 856 g/mol. The number of nitrogens with one attached hydrogen (secondary N) is 2. The Hall–Kier alpha value is -6.50. The van der Waals surface area contributed by atoms with Crippen LogP contribution in [0.2, 0.25) is 0 Å². The van der Waals surface area contributed by atoms with E-state index in [4.69, 9.17) is 9.97 Å². The van der Waals surface area contributed by atoms with Gasteiger partial charge < -0.3 is 9.97 Å². The van der Waals surface area contributed by atoms with Crippen LogP contribution >= 0.6 is 11.8 Å². The number of carbonyl (C=O) groups is 1. The second kappa shape index (κ2) is 17.2. The van der Waals surface area contributed by atoms with Crippen molar-refractivity contribution < 1.29 is 4.79 Å². The lowest BCUT2D eigenvalue weighted by Crippen LogP contribution is -1.97. The molecule has 320 valence electrons. The Morgan fingerprint density at radius 3 is 1.17 bits per heavy atom. The van der Waals surface area contributed by atoms with Crippen molar-refractivity contribution in [2.45, 2.75) is 82.1 Å². The molecule has 0 saturated carbocycles. The Bertz CT molecular complexity index is 3060. The summed E-state index contributed by atoms with van der Waals surface area (Å²) in [5.74, 6) is 0.826. The minimum absolute atomic E-state index is 0.170. The summed E-state index contributed by atoms with van der Waals surface area (Å²) < 4.78 is 0. The maximum absolute atomic E-state index is 11.6. The lowest BCUT2D eigenvalue weighted by atomic mass is 9.92. The Labute approximate surface area is 381 Å². The normalized spacial score (nSPS) is 12.1. The molecule has 0 spiro atoms. The van der Waals surface area contributed by atoms with Crippen molar-refractivity contribution in [3.05, 3.63) is 163 Å². The van der Waals surface area contributed by atoms with E-state index in [1.165, 1.54) is 84.1 Å². The maximum atomic E-state index is 11.6. The highest BCUT2D eigenvalue weighted by atomic mass is 32.2. The summed E-state index contributed by atoms with van der Waals surface area (Å²) in [5, 5.41) is 0.170. The molecule has 0 aliphatic carbocycles. The number of fused-ring (bicyclic) bond motifs is 8. The lowest BCUT2D eigenvalue weighted by molar-refractivity contribution is -0.109. The van der Waals surface area contributed by atoms with E-state index in [1.807, 2.05) is 0 Å². The molecule has 2 aliphatic rings. The van der Waals surface area contributed by atoms with Crippen LogP contribution in [-0.2, 0) is 11.2 Å². The summed E-state index contributed by atoms with van der Waals surface area (Å²) in [6.45, 7) is 21.4. The predicted molar refractivity (Wildman–Crippen MR) is 275 cm³/mol. The van der Waals surface area contributed by atoms with Crippen LogP contribution in [0.1, 0.15) is 91.8 Å². The van der Waals surface area contributed by atoms with E-state index >= 15 is 0 Å². The third kappa shape index (κ3) is 8.12. The third-order valence-corrected chi connectivity index (χ3v) is 13.6. The number of aromatic amines is 2. The molecule has 5 nitrogen and oxygen atoms in total. The van der Waals surface area contributed by atoms with E-state index in [9.17, 15) is 4.79 Å². The number of aryl methyl sites for hydroxylation is 10. The van der Waals surface area contributed by atoms with E-state index in [1.54, 1.807) is 6.92 Å². The Morgan fingerprint density at radius 2 is 0.797 bits per heavy atom. The van der Waals surface area contributed by atoms with E-state index < -0.39 is 0 Å². The fourth-order valence-electron chi connectivity index (χ4n) is 10.4. The first-order valence-electron chi connectivity index (χ1n) is 22.4. The average Bonchev–Trinajstić information content (AvgIpc) is 4.07. The Morgan fingerprint density at radius 1 is 0.453 bits per heavy atom. The molecule has 0 fully saturated rings. The molecule has 0 amide bonds. The molecule has 9 rings (SSSR count). The first-order chi connectivity index (χ1) is 30.7. The number of benzene rings is 4. The van der Waals surface area contributed by atoms with Crippen molar-refractivity contribution >= 4 is 63.2 Å². The second-order valence-corrected chi connectivity index (χ2v) is 19.2. The number of aromatic nitrogens is 4. The van der Waals surface area contributed by atoms with Crippen LogP contribution in [0.4, 0.5) is 0 Å². The molecule has 2 N–H and O–H groups in total. The van der Waals surface area contributed by atoms with Gasteiger partial charge >= 0.3 is 0 Å². The molecule has 2 aliphatic heterocycles. The van der Waals surface area contributed by atoms with Gasteiger partial charge in [-0.25, -0.2) is 9.97 Å². The van der Waals surface area contributed by atoms with Crippen LogP contribution in [-0.4, -0.2) is 30.8 Å². The van der Waals surface area contributed by atoms with Crippen LogP contribution in [0.5, 0.6) is 0 Å². The fraction of sp³-hybridized carbons (Fsp3) is 0.224.